The molecule has 3 aromatic heterocycles. The van der Waals surface area contributed by atoms with Crippen LogP contribution < -0.4 is 0 Å². The van der Waals surface area contributed by atoms with Crippen molar-refractivity contribution in [3.63, 3.8) is 0 Å². The lowest BCUT2D eigenvalue weighted by Gasteiger charge is -2.12. The number of aryl methyl sites for hydroxylation is 1. The number of hydrogen-bond donors (Lipinski definition) is 1. The first-order chi connectivity index (χ1) is 16.0. The third-order valence-corrected chi connectivity index (χ3v) is 7.22. The van der Waals surface area contributed by atoms with Gasteiger partial charge in [0.1, 0.15) is 28.5 Å². The highest BCUT2D eigenvalue weighted by atomic mass is 35.5. The molecule has 4 rings (SSSR count). The number of H-pyrrole nitrogens is 1. The summed E-state index contributed by atoms with van der Waals surface area (Å²) in [6.45, 7) is 3.06. The average molecular weight is 509 g/mol. The molecule has 0 radical (unpaired) electrons. The molecule has 0 bridgehead atoms. The van der Waals surface area contributed by atoms with Crippen LogP contribution in [0.1, 0.15) is 35.1 Å². The quantitative estimate of drug-likeness (QED) is 0.369. The Morgan fingerprint density at radius 2 is 1.85 bits per heavy atom. The maximum absolute atomic E-state index is 15.4. The van der Waals surface area contributed by atoms with E-state index in [2.05, 4.69) is 20.2 Å². The lowest BCUT2D eigenvalue weighted by Crippen LogP contribution is -2.10. The van der Waals surface area contributed by atoms with Gasteiger partial charge in [-0.05, 0) is 19.1 Å². The number of carbonyl (C=O) groups excluding carboxylic acids is 1. The van der Waals surface area contributed by atoms with E-state index < -0.39 is 49.9 Å². The maximum Gasteiger partial charge on any atom is 0.184 e. The van der Waals surface area contributed by atoms with Gasteiger partial charge in [-0.25, -0.2) is 21.6 Å². The van der Waals surface area contributed by atoms with Gasteiger partial charge >= 0.3 is 0 Å². The van der Waals surface area contributed by atoms with E-state index in [0.29, 0.717) is 0 Å². The van der Waals surface area contributed by atoms with Crippen molar-refractivity contribution in [2.75, 3.05) is 0 Å². The summed E-state index contributed by atoms with van der Waals surface area (Å²) in [5.74, 6) is -4.78. The Balaban J connectivity index is 1.83. The molecule has 1 aromatic carbocycles. The fourth-order valence-corrected chi connectivity index (χ4v) is 5.34. The Bertz CT molecular complexity index is 1570. The second-order valence-electron chi connectivity index (χ2n) is 7.45. The SMILES string of the molecule is CCC(=O)c1[nH]nc2c(F)c(-c3c(F)ccc(CS(=O)(=O)c4cc(Cl)cnc4C)c3F)ncc12. The molecule has 0 saturated carbocycles. The minimum Gasteiger partial charge on any atom is -0.292 e. The van der Waals surface area contributed by atoms with Gasteiger partial charge in [-0.3, -0.25) is 19.9 Å². The normalized spacial score (nSPS) is 11.8. The van der Waals surface area contributed by atoms with Crippen molar-refractivity contribution >= 4 is 38.1 Å². The summed E-state index contributed by atoms with van der Waals surface area (Å²) in [4.78, 5) is 19.5. The molecule has 0 unspecified atom stereocenters. The van der Waals surface area contributed by atoms with Crippen LogP contribution in [0.15, 0.2) is 35.5 Å². The van der Waals surface area contributed by atoms with Crippen LogP contribution in [0.5, 0.6) is 0 Å². The number of rotatable bonds is 6. The number of sulfone groups is 1. The number of nitrogens with one attached hydrogen (secondary N) is 1. The molecule has 0 spiro atoms. The second kappa shape index (κ2) is 8.80. The van der Waals surface area contributed by atoms with Crippen LogP contribution in [-0.2, 0) is 15.6 Å². The predicted octanol–water partition coefficient (Wildman–Crippen LogP) is 4.97. The van der Waals surface area contributed by atoms with Gasteiger partial charge in [0.2, 0.25) is 0 Å². The number of nitrogens with zero attached hydrogens (tertiary/aromatic N) is 3. The molecule has 0 aliphatic heterocycles. The zero-order valence-corrected chi connectivity index (χ0v) is 19.4. The van der Waals surface area contributed by atoms with E-state index in [1.54, 1.807) is 6.92 Å². The summed E-state index contributed by atoms with van der Waals surface area (Å²) in [6.07, 6.45) is 2.48. The fourth-order valence-electron chi connectivity index (χ4n) is 3.52. The lowest BCUT2D eigenvalue weighted by atomic mass is 10.0. The summed E-state index contributed by atoms with van der Waals surface area (Å²) in [5.41, 5.74) is -2.09. The third-order valence-electron chi connectivity index (χ3n) is 5.24. The number of halogens is 4. The van der Waals surface area contributed by atoms with Gasteiger partial charge in [0.05, 0.1) is 32.3 Å². The van der Waals surface area contributed by atoms with Gasteiger partial charge in [0.15, 0.2) is 21.4 Å². The largest absolute Gasteiger partial charge is 0.292 e. The van der Waals surface area contributed by atoms with E-state index in [0.717, 1.165) is 18.3 Å². The zero-order chi connectivity index (χ0) is 24.8. The number of hydrogen-bond acceptors (Lipinski definition) is 6. The molecule has 0 aliphatic carbocycles. The van der Waals surface area contributed by atoms with Crippen LogP contribution in [0.4, 0.5) is 13.2 Å². The van der Waals surface area contributed by atoms with Crippen LogP contribution in [0.2, 0.25) is 5.02 Å². The van der Waals surface area contributed by atoms with E-state index in [1.165, 1.54) is 19.2 Å². The second-order valence-corrected chi connectivity index (χ2v) is 9.84. The Kier molecular flexibility index (Phi) is 6.17. The molecule has 0 fully saturated rings. The predicted molar refractivity (Wildman–Crippen MR) is 119 cm³/mol. The van der Waals surface area contributed by atoms with Gasteiger partial charge in [-0.15, -0.1) is 0 Å². The smallest absolute Gasteiger partial charge is 0.184 e. The van der Waals surface area contributed by atoms with Crippen LogP contribution in [0, 0.1) is 24.4 Å². The molecule has 1 N–H and O–H groups in total. The first kappa shape index (κ1) is 23.8. The first-order valence-electron chi connectivity index (χ1n) is 9.93. The van der Waals surface area contributed by atoms with E-state index >= 15 is 8.78 Å². The average Bonchev–Trinajstić information content (AvgIpc) is 3.23. The van der Waals surface area contributed by atoms with Crippen molar-refractivity contribution in [3.05, 3.63) is 70.0 Å². The van der Waals surface area contributed by atoms with Crippen molar-refractivity contribution in [2.24, 2.45) is 0 Å². The van der Waals surface area contributed by atoms with Crippen LogP contribution in [0.25, 0.3) is 22.2 Å². The third kappa shape index (κ3) is 4.05. The molecule has 7 nitrogen and oxygen atoms in total. The summed E-state index contributed by atoms with van der Waals surface area (Å²) in [5, 5.41) is 6.31. The molecule has 0 amide bonds. The lowest BCUT2D eigenvalue weighted by molar-refractivity contribution is 0.0985. The number of benzene rings is 1. The van der Waals surface area contributed by atoms with Gasteiger partial charge in [-0.2, -0.15) is 5.10 Å². The molecule has 0 saturated heterocycles. The van der Waals surface area contributed by atoms with Gasteiger partial charge < -0.3 is 0 Å². The van der Waals surface area contributed by atoms with Crippen molar-refractivity contribution in [3.8, 4) is 11.3 Å². The van der Waals surface area contributed by atoms with E-state index in [9.17, 15) is 17.6 Å². The number of aromatic amines is 1. The summed E-state index contributed by atoms with van der Waals surface area (Å²) in [6, 6.07) is 2.97. The van der Waals surface area contributed by atoms with Crippen LogP contribution in [-0.4, -0.2) is 34.4 Å². The molecule has 0 atom stereocenters. The molecular weight excluding hydrogens is 493 g/mol. The summed E-state index contributed by atoms with van der Waals surface area (Å²) < 4.78 is 71.0. The number of aromatic nitrogens is 4. The fraction of sp³-hybridized carbons (Fsp3) is 0.182. The minimum atomic E-state index is -4.13. The Labute approximate surface area is 196 Å². The Morgan fingerprint density at radius 3 is 2.56 bits per heavy atom. The van der Waals surface area contributed by atoms with Crippen molar-refractivity contribution in [1.29, 1.82) is 0 Å². The van der Waals surface area contributed by atoms with Gasteiger partial charge in [-0.1, -0.05) is 24.6 Å². The van der Waals surface area contributed by atoms with Crippen LogP contribution in [0.3, 0.4) is 0 Å². The number of ketones is 1. The topological polar surface area (TPSA) is 106 Å². The summed E-state index contributed by atoms with van der Waals surface area (Å²) >= 11 is 5.85. The van der Waals surface area contributed by atoms with Crippen molar-refractivity contribution < 1.29 is 26.4 Å². The molecule has 3 heterocycles. The summed E-state index contributed by atoms with van der Waals surface area (Å²) in [7, 11) is -4.13. The van der Waals surface area contributed by atoms with Crippen molar-refractivity contribution in [1.82, 2.24) is 20.2 Å². The standard InChI is InChI=1S/C22H16ClF3N4O3S/c1-3-15(31)20-13-8-28-22(19(26)21(13)30-29-20)17-14(24)5-4-11(18(17)25)9-34(32,33)16-6-12(23)7-27-10(16)2/h4-8H,3,9H2,1-2H3,(H,29,30). The molecular formula is C22H16ClF3N4O3S. The molecule has 4 aromatic rings. The highest BCUT2D eigenvalue weighted by Crippen LogP contribution is 2.33. The highest BCUT2D eigenvalue weighted by molar-refractivity contribution is 7.90. The number of Topliss-reactive ketones (excluding diaryl/α,β-unsaturated/α-hetero) is 1. The number of pyridine rings is 2. The van der Waals surface area contributed by atoms with E-state index in [4.69, 9.17) is 11.6 Å². The molecule has 12 heteroatoms. The molecule has 34 heavy (non-hydrogen) atoms. The van der Waals surface area contributed by atoms with Gasteiger partial charge in [0.25, 0.3) is 0 Å². The van der Waals surface area contributed by atoms with Crippen molar-refractivity contribution in [2.45, 2.75) is 30.9 Å². The molecule has 176 valence electrons. The van der Waals surface area contributed by atoms with E-state index in [-0.39, 0.29) is 44.4 Å². The van der Waals surface area contributed by atoms with Gasteiger partial charge in [0, 0.05) is 24.4 Å². The highest BCUT2D eigenvalue weighted by Gasteiger charge is 2.27. The molecule has 0 aliphatic rings. The Hall–Kier alpha value is -3.31. The first-order valence-corrected chi connectivity index (χ1v) is 12.0. The number of fused-ring (bicyclic) bond motifs is 1. The number of carbonyl (C=O) groups is 1. The Morgan fingerprint density at radius 1 is 1.12 bits per heavy atom. The van der Waals surface area contributed by atoms with E-state index in [1.807, 2.05) is 0 Å². The van der Waals surface area contributed by atoms with Crippen LogP contribution >= 0.6 is 11.6 Å². The zero-order valence-electron chi connectivity index (χ0n) is 17.8. The monoisotopic (exact) mass is 508 g/mol. The minimum absolute atomic E-state index is 0.0294. The maximum atomic E-state index is 15.4.